The highest BCUT2D eigenvalue weighted by Gasteiger charge is 2.32. The molecule has 0 aliphatic carbocycles. The van der Waals surface area contributed by atoms with Crippen molar-refractivity contribution >= 4 is 15.9 Å². The van der Waals surface area contributed by atoms with Crippen LogP contribution in [0.2, 0.25) is 0 Å². The number of likely N-dealkylation sites (tertiary alicyclic amines) is 1. The third kappa shape index (κ3) is 4.18. The fraction of sp³-hybridized carbons (Fsp3) is 0.350. The van der Waals surface area contributed by atoms with Crippen molar-refractivity contribution < 1.29 is 22.3 Å². The van der Waals surface area contributed by atoms with Crippen molar-refractivity contribution in [1.82, 2.24) is 9.21 Å². The summed E-state index contributed by atoms with van der Waals surface area (Å²) >= 11 is 0. The van der Waals surface area contributed by atoms with Crippen molar-refractivity contribution in [3.05, 3.63) is 59.9 Å². The van der Waals surface area contributed by atoms with Crippen LogP contribution in [0.4, 0.5) is 4.39 Å². The summed E-state index contributed by atoms with van der Waals surface area (Å²) in [5.41, 5.74) is 0.996. The van der Waals surface area contributed by atoms with Crippen LogP contribution in [0.5, 0.6) is 5.75 Å². The third-order valence-electron chi connectivity index (χ3n) is 4.95. The van der Waals surface area contributed by atoms with E-state index in [0.29, 0.717) is 6.54 Å². The van der Waals surface area contributed by atoms with Gasteiger partial charge in [0.1, 0.15) is 11.6 Å². The minimum atomic E-state index is -3.87. The number of sulfonamides is 1. The first-order valence-electron chi connectivity index (χ1n) is 8.98. The predicted octanol–water partition coefficient (Wildman–Crippen LogP) is 2.82. The van der Waals surface area contributed by atoms with Gasteiger partial charge >= 0.3 is 0 Å². The van der Waals surface area contributed by atoms with Gasteiger partial charge in [0.05, 0.1) is 24.6 Å². The summed E-state index contributed by atoms with van der Waals surface area (Å²) in [6.45, 7) is 0.312. The Hall–Kier alpha value is -2.45. The first kappa shape index (κ1) is 20.3. The number of hydrogen-bond donors (Lipinski definition) is 0. The van der Waals surface area contributed by atoms with Crippen molar-refractivity contribution in [2.45, 2.75) is 23.8 Å². The molecule has 1 amide bonds. The van der Waals surface area contributed by atoms with Crippen molar-refractivity contribution in [1.29, 1.82) is 0 Å². The molecule has 28 heavy (non-hydrogen) atoms. The Bertz CT molecular complexity index is 930. The van der Waals surface area contributed by atoms with Gasteiger partial charge in [-0.3, -0.25) is 4.79 Å². The number of carbonyl (C=O) groups excluding carboxylic acids is 1. The molecule has 0 N–H and O–H groups in total. The maximum absolute atomic E-state index is 13.1. The fourth-order valence-corrected chi connectivity index (χ4v) is 4.51. The van der Waals surface area contributed by atoms with Crippen LogP contribution >= 0.6 is 0 Å². The van der Waals surface area contributed by atoms with E-state index in [1.807, 2.05) is 24.3 Å². The minimum Gasteiger partial charge on any atom is -0.497 e. The quantitative estimate of drug-likeness (QED) is 0.740. The zero-order valence-corrected chi connectivity index (χ0v) is 16.7. The predicted molar refractivity (Wildman–Crippen MR) is 103 cm³/mol. The van der Waals surface area contributed by atoms with Crippen molar-refractivity contribution in [3.8, 4) is 5.75 Å². The number of carbonyl (C=O) groups is 1. The number of methoxy groups -OCH3 is 1. The number of rotatable bonds is 6. The molecule has 2 aromatic carbocycles. The zero-order chi connectivity index (χ0) is 20.3. The maximum Gasteiger partial charge on any atom is 0.243 e. The van der Waals surface area contributed by atoms with Crippen LogP contribution in [0, 0.1) is 5.82 Å². The topological polar surface area (TPSA) is 66.9 Å². The van der Waals surface area contributed by atoms with Gasteiger partial charge in [0.2, 0.25) is 15.9 Å². The second kappa shape index (κ2) is 8.28. The molecule has 8 heteroatoms. The van der Waals surface area contributed by atoms with E-state index in [0.717, 1.165) is 40.6 Å². The number of halogens is 1. The molecular formula is C20H23FN2O4S. The number of hydrogen-bond acceptors (Lipinski definition) is 4. The van der Waals surface area contributed by atoms with E-state index in [1.54, 1.807) is 12.0 Å². The molecule has 1 fully saturated rings. The summed E-state index contributed by atoms with van der Waals surface area (Å²) in [5, 5.41) is 0. The lowest BCUT2D eigenvalue weighted by Gasteiger charge is -2.27. The minimum absolute atomic E-state index is 0.0441. The van der Waals surface area contributed by atoms with E-state index in [4.69, 9.17) is 4.74 Å². The first-order chi connectivity index (χ1) is 13.3. The van der Waals surface area contributed by atoms with Gasteiger partial charge in [-0.25, -0.2) is 12.8 Å². The Kier molecular flexibility index (Phi) is 6.00. The Labute approximate surface area is 164 Å². The number of nitrogens with zero attached hydrogens (tertiary/aromatic N) is 2. The first-order valence-corrected chi connectivity index (χ1v) is 10.4. The molecule has 3 rings (SSSR count). The van der Waals surface area contributed by atoms with Gasteiger partial charge in [-0.15, -0.1) is 0 Å². The summed E-state index contributed by atoms with van der Waals surface area (Å²) in [6, 6.07) is 12.0. The van der Waals surface area contributed by atoms with Crippen LogP contribution < -0.4 is 4.74 Å². The molecule has 150 valence electrons. The highest BCUT2D eigenvalue weighted by atomic mass is 32.2. The molecule has 1 heterocycles. The molecular weight excluding hydrogens is 383 g/mol. The average Bonchev–Trinajstić information content (AvgIpc) is 3.18. The fourth-order valence-electron chi connectivity index (χ4n) is 3.39. The molecule has 1 atom stereocenters. The van der Waals surface area contributed by atoms with E-state index >= 15 is 0 Å². The lowest BCUT2D eigenvalue weighted by Crippen LogP contribution is -2.40. The molecule has 1 aliphatic heterocycles. The monoisotopic (exact) mass is 406 g/mol. The molecule has 6 nitrogen and oxygen atoms in total. The zero-order valence-electron chi connectivity index (χ0n) is 15.8. The Balaban J connectivity index is 1.72. The smallest absolute Gasteiger partial charge is 0.243 e. The molecule has 0 radical (unpaired) electrons. The molecule has 0 spiro atoms. The molecule has 1 aliphatic rings. The molecule has 0 aromatic heterocycles. The molecule has 0 bridgehead atoms. The summed E-state index contributed by atoms with van der Waals surface area (Å²) < 4.78 is 44.5. The van der Waals surface area contributed by atoms with E-state index in [1.165, 1.54) is 19.2 Å². The lowest BCUT2D eigenvalue weighted by atomic mass is 10.0. The molecule has 0 saturated carbocycles. The standard InChI is InChI=1S/C20H23FN2O4S/c1-22(28(25,26)18-11-7-16(21)8-12-18)14-20(24)23-13-3-4-19(23)15-5-9-17(27-2)10-6-15/h5-12,19H,3-4,13-14H2,1-2H3. The van der Waals surface area contributed by atoms with Crippen LogP contribution in [-0.2, 0) is 14.8 Å². The number of ether oxygens (including phenoxy) is 1. The van der Waals surface area contributed by atoms with Crippen molar-refractivity contribution in [3.63, 3.8) is 0 Å². The summed E-state index contributed by atoms with van der Waals surface area (Å²) in [6.07, 6.45) is 1.68. The van der Waals surface area contributed by atoms with Gasteiger partial charge in [-0.05, 0) is 54.8 Å². The number of amides is 1. The molecule has 2 aromatic rings. The van der Waals surface area contributed by atoms with Crippen LogP contribution in [-0.4, -0.2) is 50.8 Å². The maximum atomic E-state index is 13.1. The van der Waals surface area contributed by atoms with E-state index < -0.39 is 15.8 Å². The van der Waals surface area contributed by atoms with Gasteiger partial charge in [0.25, 0.3) is 0 Å². The lowest BCUT2D eigenvalue weighted by molar-refractivity contribution is -0.132. The van der Waals surface area contributed by atoms with Crippen molar-refractivity contribution in [2.24, 2.45) is 0 Å². The van der Waals surface area contributed by atoms with Gasteiger partial charge in [0.15, 0.2) is 0 Å². The van der Waals surface area contributed by atoms with Crippen LogP contribution in [0.3, 0.4) is 0 Å². The van der Waals surface area contributed by atoms with Crippen LogP contribution in [0.25, 0.3) is 0 Å². The van der Waals surface area contributed by atoms with Gasteiger partial charge < -0.3 is 9.64 Å². The van der Waals surface area contributed by atoms with Crippen LogP contribution in [0.1, 0.15) is 24.4 Å². The second-order valence-electron chi connectivity index (χ2n) is 6.73. The van der Waals surface area contributed by atoms with Crippen LogP contribution in [0.15, 0.2) is 53.4 Å². The Morgan fingerprint density at radius 3 is 2.43 bits per heavy atom. The third-order valence-corrected chi connectivity index (χ3v) is 6.77. The molecule has 1 unspecified atom stereocenters. The van der Waals surface area contributed by atoms with E-state index in [9.17, 15) is 17.6 Å². The summed E-state index contributed by atoms with van der Waals surface area (Å²) in [7, 11) is -0.918. The summed E-state index contributed by atoms with van der Waals surface area (Å²) in [4.78, 5) is 14.5. The second-order valence-corrected chi connectivity index (χ2v) is 8.78. The SMILES string of the molecule is COc1ccc(C2CCCN2C(=O)CN(C)S(=O)(=O)c2ccc(F)cc2)cc1. The highest BCUT2D eigenvalue weighted by molar-refractivity contribution is 7.89. The largest absolute Gasteiger partial charge is 0.497 e. The van der Waals surface area contributed by atoms with Gasteiger partial charge in [-0.1, -0.05) is 12.1 Å². The Morgan fingerprint density at radius 1 is 1.18 bits per heavy atom. The van der Waals surface area contributed by atoms with Gasteiger partial charge in [-0.2, -0.15) is 4.31 Å². The van der Waals surface area contributed by atoms with E-state index in [-0.39, 0.29) is 23.4 Å². The average molecular weight is 406 g/mol. The molecule has 1 saturated heterocycles. The van der Waals surface area contributed by atoms with Gasteiger partial charge in [0, 0.05) is 13.6 Å². The number of benzene rings is 2. The highest BCUT2D eigenvalue weighted by Crippen LogP contribution is 2.33. The van der Waals surface area contributed by atoms with E-state index in [2.05, 4.69) is 0 Å². The number of likely N-dealkylation sites (N-methyl/N-ethyl adjacent to an activating group) is 1. The normalized spacial score (nSPS) is 17.1. The Morgan fingerprint density at radius 2 is 1.82 bits per heavy atom. The summed E-state index contributed by atoms with van der Waals surface area (Å²) in [5.74, 6) is -0.0340. The van der Waals surface area contributed by atoms with Crippen molar-refractivity contribution in [2.75, 3.05) is 27.2 Å².